The molecule has 2 aromatic rings. The number of carbonyl (C=O) groups excluding carboxylic acids is 2. The number of amides is 2. The summed E-state index contributed by atoms with van der Waals surface area (Å²) in [6.45, 7) is 4.00. The second-order valence-corrected chi connectivity index (χ2v) is 11.8. The fourth-order valence-corrected chi connectivity index (χ4v) is 6.61. The number of fused-ring (bicyclic) bond motifs is 1. The van der Waals surface area contributed by atoms with Crippen molar-refractivity contribution in [3.05, 3.63) is 42.5 Å². The first-order chi connectivity index (χ1) is 15.7. The Morgan fingerprint density at radius 2 is 1.61 bits per heavy atom. The molecule has 174 valence electrons. The van der Waals surface area contributed by atoms with Crippen LogP contribution < -0.4 is 9.80 Å². The van der Waals surface area contributed by atoms with Crippen LogP contribution in [0.25, 0.3) is 11.1 Å². The van der Waals surface area contributed by atoms with Crippen LogP contribution in [0.1, 0.15) is 46.0 Å². The normalized spacial score (nSPS) is 20.8. The average molecular weight is 467 g/mol. The first-order valence-electron chi connectivity index (χ1n) is 11.8. The Morgan fingerprint density at radius 1 is 0.939 bits per heavy atom. The van der Waals surface area contributed by atoms with E-state index < -0.39 is 9.84 Å². The molecule has 1 heterocycles. The topological polar surface area (TPSA) is 74.8 Å². The smallest absolute Gasteiger partial charge is 0.230 e. The highest BCUT2D eigenvalue weighted by Crippen LogP contribution is 2.41. The fraction of sp³-hybridized carbons (Fsp3) is 0.462. The molecule has 2 aromatic carbocycles. The molecule has 3 aliphatic rings. The van der Waals surface area contributed by atoms with Gasteiger partial charge in [-0.25, -0.2) is 8.42 Å². The van der Waals surface area contributed by atoms with E-state index in [1.165, 1.54) is 0 Å². The summed E-state index contributed by atoms with van der Waals surface area (Å²) < 4.78 is 25.2. The molecule has 2 aliphatic carbocycles. The van der Waals surface area contributed by atoms with Crippen molar-refractivity contribution in [2.45, 2.75) is 56.9 Å². The van der Waals surface area contributed by atoms with E-state index in [1.807, 2.05) is 42.2 Å². The third-order valence-electron chi connectivity index (χ3n) is 7.17. The number of anilines is 2. The minimum atomic E-state index is -3.26. The predicted octanol–water partition coefficient (Wildman–Crippen LogP) is 4.43. The van der Waals surface area contributed by atoms with E-state index >= 15 is 0 Å². The molecule has 0 N–H and O–H groups in total. The minimum Gasteiger partial charge on any atom is -0.308 e. The molecule has 0 aromatic heterocycles. The van der Waals surface area contributed by atoms with Crippen molar-refractivity contribution in [1.29, 1.82) is 0 Å². The third kappa shape index (κ3) is 4.19. The number of benzene rings is 2. The van der Waals surface area contributed by atoms with Crippen LogP contribution in [0.15, 0.2) is 47.4 Å². The van der Waals surface area contributed by atoms with Gasteiger partial charge < -0.3 is 9.80 Å². The lowest BCUT2D eigenvalue weighted by atomic mass is 9.84. The molecule has 33 heavy (non-hydrogen) atoms. The third-order valence-corrected chi connectivity index (χ3v) is 9.07. The number of hydrogen-bond donors (Lipinski definition) is 0. The summed E-state index contributed by atoms with van der Waals surface area (Å²) in [6, 6.07) is 12.7. The lowest BCUT2D eigenvalue weighted by molar-refractivity contribution is -0.125. The molecule has 0 spiro atoms. The number of carbonyl (C=O) groups is 2. The predicted molar refractivity (Wildman–Crippen MR) is 129 cm³/mol. The van der Waals surface area contributed by atoms with Crippen LogP contribution in [-0.4, -0.2) is 38.6 Å². The summed E-state index contributed by atoms with van der Waals surface area (Å²) in [5.41, 5.74) is 3.28. The van der Waals surface area contributed by atoms with E-state index in [4.69, 9.17) is 0 Å². The van der Waals surface area contributed by atoms with E-state index in [1.54, 1.807) is 24.0 Å². The number of rotatable bonds is 5. The lowest BCUT2D eigenvalue weighted by Crippen LogP contribution is -2.53. The van der Waals surface area contributed by atoms with E-state index in [2.05, 4.69) is 0 Å². The van der Waals surface area contributed by atoms with Gasteiger partial charge >= 0.3 is 0 Å². The summed E-state index contributed by atoms with van der Waals surface area (Å²) in [6.07, 6.45) is 4.93. The van der Waals surface area contributed by atoms with Gasteiger partial charge in [-0.15, -0.1) is 0 Å². The number of nitrogens with zero attached hydrogens (tertiary/aromatic N) is 2. The first kappa shape index (κ1) is 22.1. The van der Waals surface area contributed by atoms with Crippen molar-refractivity contribution in [1.82, 2.24) is 0 Å². The Hall–Kier alpha value is -2.67. The highest BCUT2D eigenvalue weighted by atomic mass is 32.2. The lowest BCUT2D eigenvalue weighted by Gasteiger charge is -2.43. The van der Waals surface area contributed by atoms with Gasteiger partial charge in [-0.05, 0) is 73.9 Å². The van der Waals surface area contributed by atoms with Crippen LogP contribution in [0.3, 0.4) is 0 Å². The van der Waals surface area contributed by atoms with Gasteiger partial charge in [0.2, 0.25) is 11.8 Å². The zero-order chi connectivity index (χ0) is 23.3. The van der Waals surface area contributed by atoms with Crippen molar-refractivity contribution >= 4 is 33.0 Å². The van der Waals surface area contributed by atoms with Crippen LogP contribution in [0.5, 0.6) is 0 Å². The molecule has 6 nitrogen and oxygen atoms in total. The van der Waals surface area contributed by atoms with Crippen molar-refractivity contribution in [2.24, 2.45) is 11.8 Å². The van der Waals surface area contributed by atoms with E-state index in [0.29, 0.717) is 17.4 Å². The zero-order valence-corrected chi connectivity index (χ0v) is 20.0. The molecular formula is C26H30N2O4S. The summed E-state index contributed by atoms with van der Waals surface area (Å²) in [7, 11) is -3.26. The van der Waals surface area contributed by atoms with Gasteiger partial charge in [0.25, 0.3) is 0 Å². The highest BCUT2D eigenvalue weighted by Gasteiger charge is 2.38. The van der Waals surface area contributed by atoms with Gasteiger partial charge in [0, 0.05) is 19.4 Å². The maximum absolute atomic E-state index is 13.2. The summed E-state index contributed by atoms with van der Waals surface area (Å²) >= 11 is 0. The van der Waals surface area contributed by atoms with Crippen molar-refractivity contribution in [3.63, 3.8) is 0 Å². The molecule has 1 aliphatic heterocycles. The van der Waals surface area contributed by atoms with E-state index in [9.17, 15) is 18.0 Å². The fourth-order valence-electron chi connectivity index (χ4n) is 4.91. The second-order valence-electron chi connectivity index (χ2n) is 9.77. The Bertz CT molecular complexity index is 1200. The van der Waals surface area contributed by atoms with Crippen LogP contribution in [0.4, 0.5) is 11.4 Å². The van der Waals surface area contributed by atoms with Gasteiger partial charge in [-0.1, -0.05) is 24.6 Å². The summed E-state index contributed by atoms with van der Waals surface area (Å²) in [4.78, 5) is 29.6. The average Bonchev–Trinajstić information content (AvgIpc) is 3.54. The van der Waals surface area contributed by atoms with Gasteiger partial charge in [0.15, 0.2) is 9.84 Å². The molecule has 1 unspecified atom stereocenters. The summed E-state index contributed by atoms with van der Waals surface area (Å²) in [5.74, 6) is 0.686. The maximum Gasteiger partial charge on any atom is 0.230 e. The zero-order valence-electron chi connectivity index (χ0n) is 19.2. The SMILES string of the molecule is CC(=O)N1c2ccc(-c3ccc(S(=O)(=O)CC4CC4)cc3)cc2N(C(=O)C2CCC2)CC1C. The van der Waals surface area contributed by atoms with Crippen LogP contribution in [-0.2, 0) is 19.4 Å². The Labute approximate surface area is 195 Å². The standard InChI is InChI=1S/C26H30N2O4S/c1-17-15-27(26(30)21-4-3-5-21)25-14-22(10-13-24(25)28(17)18(2)29)20-8-11-23(12-9-20)33(31,32)16-19-6-7-19/h8-14,17,19,21H,3-7,15-16H2,1-2H3. The quantitative estimate of drug-likeness (QED) is 0.654. The molecular weight excluding hydrogens is 436 g/mol. The molecule has 0 radical (unpaired) electrons. The van der Waals surface area contributed by atoms with Crippen molar-refractivity contribution < 1.29 is 18.0 Å². The Kier molecular flexibility index (Phi) is 5.55. The molecule has 5 rings (SSSR count). The Balaban J connectivity index is 1.50. The molecule has 1 atom stereocenters. The van der Waals surface area contributed by atoms with E-state index in [0.717, 1.165) is 54.6 Å². The van der Waals surface area contributed by atoms with Crippen molar-refractivity contribution in [2.75, 3.05) is 22.1 Å². The van der Waals surface area contributed by atoms with Gasteiger partial charge in [0.05, 0.1) is 28.1 Å². The number of hydrogen-bond acceptors (Lipinski definition) is 4. The minimum absolute atomic E-state index is 0.0440. The van der Waals surface area contributed by atoms with Crippen LogP contribution in [0, 0.1) is 11.8 Å². The first-order valence-corrected chi connectivity index (χ1v) is 13.5. The molecule has 2 saturated carbocycles. The molecule has 7 heteroatoms. The Morgan fingerprint density at radius 3 is 2.18 bits per heavy atom. The number of sulfone groups is 1. The highest BCUT2D eigenvalue weighted by molar-refractivity contribution is 7.91. The monoisotopic (exact) mass is 466 g/mol. The van der Waals surface area contributed by atoms with E-state index in [-0.39, 0.29) is 29.5 Å². The van der Waals surface area contributed by atoms with Crippen molar-refractivity contribution in [3.8, 4) is 11.1 Å². The van der Waals surface area contributed by atoms with Gasteiger partial charge in [-0.2, -0.15) is 0 Å². The summed E-state index contributed by atoms with van der Waals surface area (Å²) in [5, 5.41) is 0. The molecule has 0 bridgehead atoms. The van der Waals surface area contributed by atoms with Gasteiger partial charge in [-0.3, -0.25) is 9.59 Å². The largest absolute Gasteiger partial charge is 0.308 e. The van der Waals surface area contributed by atoms with Gasteiger partial charge in [0.1, 0.15) is 0 Å². The van der Waals surface area contributed by atoms with Crippen LogP contribution >= 0.6 is 0 Å². The molecule has 0 saturated heterocycles. The van der Waals surface area contributed by atoms with Crippen LogP contribution in [0.2, 0.25) is 0 Å². The second kappa shape index (κ2) is 8.28. The molecule has 2 amide bonds. The molecule has 2 fully saturated rings. The maximum atomic E-state index is 13.2.